The maximum Gasteiger partial charge on any atom is 0.326 e. The van der Waals surface area contributed by atoms with Gasteiger partial charge in [-0.25, -0.2) is 0 Å². The molecule has 0 N–H and O–H groups in total. The van der Waals surface area contributed by atoms with Crippen LogP contribution < -0.4 is 0 Å². The monoisotopic (exact) mass is 309 g/mol. The fourth-order valence-corrected chi connectivity index (χ4v) is 1.28. The summed E-state index contributed by atoms with van der Waals surface area (Å²) in [5.41, 5.74) is 0.812. The number of allylic oxidation sites excluding steroid dienone is 3. The Labute approximate surface area is 135 Å². The third-order valence-electron chi connectivity index (χ3n) is 2.41. The van der Waals surface area contributed by atoms with E-state index >= 15 is 0 Å². The molecular weight excluding hydrogens is 278 g/mol. The van der Waals surface area contributed by atoms with Gasteiger partial charge in [-0.1, -0.05) is 38.2 Å². The summed E-state index contributed by atoms with van der Waals surface area (Å²) < 4.78 is 5.16. The first kappa shape index (κ1) is 22.4. The lowest BCUT2D eigenvalue weighted by Gasteiger charge is -2.22. The molecule has 0 spiro atoms. The predicted molar refractivity (Wildman–Crippen MR) is 92.5 cm³/mol. The Bertz CT molecular complexity index is 440. The zero-order valence-electron chi connectivity index (χ0n) is 15.3. The highest BCUT2D eigenvalue weighted by Crippen LogP contribution is 2.08. The molecule has 0 aliphatic carbocycles. The smallest absolute Gasteiger partial charge is 0.326 e. The number of carbonyl (C=O) groups excluding carboxylic acids is 2. The number of hydrogen-bond donors (Lipinski definition) is 0. The first-order valence-electron chi connectivity index (χ1n) is 7.54. The van der Waals surface area contributed by atoms with Crippen LogP contribution in [0, 0.1) is 0 Å². The van der Waals surface area contributed by atoms with Gasteiger partial charge in [0.2, 0.25) is 0 Å². The number of ether oxygens (including phenoxy) is 1. The number of likely N-dealkylation sites (N-methyl/N-ethyl adjacent to an activating group) is 1. The van der Waals surface area contributed by atoms with Crippen LogP contribution in [0.3, 0.4) is 0 Å². The summed E-state index contributed by atoms with van der Waals surface area (Å²) in [5, 5.41) is 0. The van der Waals surface area contributed by atoms with E-state index in [0.717, 1.165) is 5.57 Å². The third-order valence-corrected chi connectivity index (χ3v) is 2.41. The number of rotatable bonds is 5. The second-order valence-corrected chi connectivity index (χ2v) is 5.64. The van der Waals surface area contributed by atoms with Gasteiger partial charge in [0.15, 0.2) is 0 Å². The van der Waals surface area contributed by atoms with Gasteiger partial charge < -0.3 is 9.64 Å². The Balaban J connectivity index is 0. The highest BCUT2D eigenvalue weighted by molar-refractivity contribution is 5.97. The first-order chi connectivity index (χ1) is 10.1. The second-order valence-electron chi connectivity index (χ2n) is 5.64. The highest BCUT2D eigenvalue weighted by Gasteiger charge is 2.20. The van der Waals surface area contributed by atoms with Gasteiger partial charge in [0.1, 0.15) is 12.1 Å². The molecule has 1 amide bonds. The van der Waals surface area contributed by atoms with E-state index in [2.05, 4.69) is 6.58 Å². The molecule has 0 rings (SSSR count). The van der Waals surface area contributed by atoms with E-state index in [1.807, 2.05) is 39.8 Å². The van der Waals surface area contributed by atoms with Gasteiger partial charge in [-0.3, -0.25) is 9.59 Å². The van der Waals surface area contributed by atoms with Crippen LogP contribution in [-0.2, 0) is 14.3 Å². The average Bonchev–Trinajstić information content (AvgIpc) is 2.43. The van der Waals surface area contributed by atoms with Gasteiger partial charge in [0.05, 0.1) is 0 Å². The zero-order chi connectivity index (χ0) is 17.9. The van der Waals surface area contributed by atoms with E-state index in [1.54, 1.807) is 33.9 Å². The molecule has 4 heteroatoms. The van der Waals surface area contributed by atoms with Crippen molar-refractivity contribution in [2.45, 2.75) is 54.1 Å². The summed E-state index contributed by atoms with van der Waals surface area (Å²) in [7, 11) is 1.55. The number of hydrogen-bond acceptors (Lipinski definition) is 3. The van der Waals surface area contributed by atoms with Crippen LogP contribution in [0.15, 0.2) is 36.0 Å². The van der Waals surface area contributed by atoms with Crippen molar-refractivity contribution in [2.75, 3.05) is 13.6 Å². The van der Waals surface area contributed by atoms with Crippen molar-refractivity contribution >= 4 is 11.9 Å². The van der Waals surface area contributed by atoms with Crippen molar-refractivity contribution in [1.29, 1.82) is 0 Å². The van der Waals surface area contributed by atoms with Crippen molar-refractivity contribution in [1.82, 2.24) is 4.90 Å². The Morgan fingerprint density at radius 3 is 2.09 bits per heavy atom. The van der Waals surface area contributed by atoms with Crippen LogP contribution in [0.2, 0.25) is 0 Å². The van der Waals surface area contributed by atoms with Crippen molar-refractivity contribution < 1.29 is 14.3 Å². The van der Waals surface area contributed by atoms with Crippen LogP contribution in [0.1, 0.15) is 48.5 Å². The van der Waals surface area contributed by atoms with Crippen molar-refractivity contribution in [2.24, 2.45) is 0 Å². The number of amides is 1. The molecule has 0 unspecified atom stereocenters. The maximum absolute atomic E-state index is 12.0. The fraction of sp³-hybridized carbons (Fsp3) is 0.556. The van der Waals surface area contributed by atoms with Crippen LogP contribution in [0.4, 0.5) is 0 Å². The molecule has 0 aromatic rings. The number of esters is 1. The molecule has 22 heavy (non-hydrogen) atoms. The molecule has 0 radical (unpaired) electrons. The quantitative estimate of drug-likeness (QED) is 0.440. The molecule has 126 valence electrons. The van der Waals surface area contributed by atoms with Gasteiger partial charge in [-0.15, -0.1) is 0 Å². The van der Waals surface area contributed by atoms with Crippen LogP contribution in [0.25, 0.3) is 0 Å². The van der Waals surface area contributed by atoms with Crippen LogP contribution >= 0.6 is 0 Å². The lowest BCUT2D eigenvalue weighted by Crippen LogP contribution is -2.36. The number of nitrogens with zero attached hydrogens (tertiary/aromatic N) is 1. The summed E-state index contributed by atoms with van der Waals surface area (Å²) in [5.74, 6) is -0.731. The summed E-state index contributed by atoms with van der Waals surface area (Å²) in [4.78, 5) is 24.9. The molecule has 4 nitrogen and oxygen atoms in total. The van der Waals surface area contributed by atoms with Gasteiger partial charge >= 0.3 is 5.97 Å². The molecule has 0 aliphatic heterocycles. The predicted octanol–water partition coefficient (Wildman–Crippen LogP) is 3.89. The van der Waals surface area contributed by atoms with Crippen molar-refractivity contribution in [3.05, 3.63) is 36.0 Å². The summed E-state index contributed by atoms with van der Waals surface area (Å²) in [6.45, 7) is 16.8. The summed E-state index contributed by atoms with van der Waals surface area (Å²) >= 11 is 0. The number of carbonyl (C=O) groups is 2. The molecule has 0 aromatic heterocycles. The Morgan fingerprint density at radius 1 is 1.18 bits per heavy atom. The molecular formula is C18H31NO3. The van der Waals surface area contributed by atoms with E-state index in [0.29, 0.717) is 5.57 Å². The zero-order valence-corrected chi connectivity index (χ0v) is 15.3. The molecule has 0 aromatic carbocycles. The SMILES string of the molecule is C=C(/C=C\C(C)=C/C)C(=O)N(C)CC(=O)OC(C)(C)C.CC. The van der Waals surface area contributed by atoms with Crippen molar-refractivity contribution in [3.63, 3.8) is 0 Å². The Kier molecular flexibility index (Phi) is 11.0. The standard InChI is InChI=1S/C16H25NO3.C2H6/c1-8-12(2)9-10-13(3)15(19)17(7)11-14(18)20-16(4,5)6;1-2/h8-10H,3,11H2,1-2,4-7H3;1-2H3/b10-9-,12-8-;. The minimum absolute atomic E-state index is 0.0917. The lowest BCUT2D eigenvalue weighted by molar-refractivity contribution is -0.157. The molecule has 0 saturated carbocycles. The molecule has 0 bridgehead atoms. The Morgan fingerprint density at radius 2 is 1.68 bits per heavy atom. The van der Waals surface area contributed by atoms with Gasteiger partial charge in [0.25, 0.3) is 5.91 Å². The van der Waals surface area contributed by atoms with E-state index in [-0.39, 0.29) is 12.5 Å². The molecule has 0 aliphatic rings. The minimum atomic E-state index is -0.555. The average molecular weight is 309 g/mol. The fourth-order valence-electron chi connectivity index (χ4n) is 1.28. The minimum Gasteiger partial charge on any atom is -0.459 e. The maximum atomic E-state index is 12.0. The normalized spacial score (nSPS) is 11.5. The lowest BCUT2D eigenvalue weighted by atomic mass is 10.2. The van der Waals surface area contributed by atoms with Gasteiger partial charge in [-0.2, -0.15) is 0 Å². The largest absolute Gasteiger partial charge is 0.459 e. The van der Waals surface area contributed by atoms with Crippen LogP contribution in [0.5, 0.6) is 0 Å². The Hall–Kier alpha value is -1.84. The van der Waals surface area contributed by atoms with E-state index in [1.165, 1.54) is 4.90 Å². The molecule has 0 fully saturated rings. The second kappa shape index (κ2) is 10.8. The molecule has 0 saturated heterocycles. The molecule has 0 atom stereocenters. The first-order valence-corrected chi connectivity index (χ1v) is 7.54. The van der Waals surface area contributed by atoms with Crippen LogP contribution in [-0.4, -0.2) is 36.0 Å². The van der Waals surface area contributed by atoms with Gasteiger partial charge in [-0.05, 0) is 40.7 Å². The highest BCUT2D eigenvalue weighted by atomic mass is 16.6. The van der Waals surface area contributed by atoms with E-state index in [4.69, 9.17) is 4.74 Å². The molecule has 0 heterocycles. The van der Waals surface area contributed by atoms with Gasteiger partial charge in [0, 0.05) is 12.6 Å². The van der Waals surface area contributed by atoms with E-state index in [9.17, 15) is 9.59 Å². The summed E-state index contributed by atoms with van der Waals surface area (Å²) in [6.07, 6.45) is 5.38. The summed E-state index contributed by atoms with van der Waals surface area (Å²) in [6, 6.07) is 0. The third kappa shape index (κ3) is 10.9. The topological polar surface area (TPSA) is 46.6 Å². The van der Waals surface area contributed by atoms with E-state index < -0.39 is 11.6 Å². The van der Waals surface area contributed by atoms with Crippen molar-refractivity contribution in [3.8, 4) is 0 Å².